The molecule has 0 bridgehead atoms. The Morgan fingerprint density at radius 1 is 1.20 bits per heavy atom. The molecule has 0 fully saturated rings. The minimum absolute atomic E-state index is 0.0346. The van der Waals surface area contributed by atoms with E-state index in [2.05, 4.69) is 0 Å². The highest BCUT2D eigenvalue weighted by molar-refractivity contribution is 5.54. The minimum Gasteiger partial charge on any atom is -0.396 e. The molecule has 132 valence electrons. The molecule has 7 nitrogen and oxygen atoms in total. The summed E-state index contributed by atoms with van der Waals surface area (Å²) in [5.74, 6) is 0.278. The molecule has 1 unspecified atom stereocenters. The molecule has 0 saturated heterocycles. The van der Waals surface area contributed by atoms with Crippen molar-refractivity contribution in [2.24, 2.45) is 14.1 Å². The molecular weight excluding hydrogens is 320 g/mol. The Labute approximate surface area is 146 Å². The summed E-state index contributed by atoms with van der Waals surface area (Å²) in [6.45, 7) is 2.27. The fraction of sp³-hybridized carbons (Fsp3) is 0.389. The van der Waals surface area contributed by atoms with Gasteiger partial charge in [0.2, 0.25) is 0 Å². The third-order valence-corrected chi connectivity index (χ3v) is 4.29. The van der Waals surface area contributed by atoms with Crippen molar-refractivity contribution in [3.05, 3.63) is 62.3 Å². The lowest BCUT2D eigenvalue weighted by molar-refractivity contribution is 0.275. The van der Waals surface area contributed by atoms with Gasteiger partial charge in [-0.05, 0) is 18.9 Å². The smallest absolute Gasteiger partial charge is 0.332 e. The first-order valence-electron chi connectivity index (χ1n) is 8.03. The summed E-state index contributed by atoms with van der Waals surface area (Å²) >= 11 is 0. The molecule has 7 heteroatoms. The number of aliphatic hydroxyl groups excluding tert-OH is 1. The topological polar surface area (TPSA) is 91.3 Å². The number of rotatable bonds is 6. The lowest BCUT2D eigenvalue weighted by Crippen LogP contribution is -2.45. The fourth-order valence-corrected chi connectivity index (χ4v) is 2.83. The number of hydrogen-bond acceptors (Lipinski definition) is 5. The lowest BCUT2D eigenvalue weighted by Gasteiger charge is -2.33. The van der Waals surface area contributed by atoms with Crippen LogP contribution in [0.1, 0.15) is 24.5 Å². The highest BCUT2D eigenvalue weighted by Crippen LogP contribution is 2.22. The average Bonchev–Trinajstić information content (AvgIpc) is 2.62. The second-order valence-electron chi connectivity index (χ2n) is 5.99. The predicted octanol–water partition coefficient (Wildman–Crippen LogP) is 0.733. The highest BCUT2D eigenvalue weighted by Gasteiger charge is 2.24. The van der Waals surface area contributed by atoms with Crippen LogP contribution in [-0.2, 0) is 20.6 Å². The number of benzene rings is 1. The molecule has 0 spiro atoms. The van der Waals surface area contributed by atoms with Gasteiger partial charge in [0.1, 0.15) is 11.9 Å². The third kappa shape index (κ3) is 3.64. The van der Waals surface area contributed by atoms with Crippen LogP contribution in [0, 0.1) is 11.3 Å². The van der Waals surface area contributed by atoms with E-state index in [4.69, 9.17) is 0 Å². The molecule has 1 N–H and O–H groups in total. The minimum atomic E-state index is -0.616. The zero-order chi connectivity index (χ0) is 18.6. The number of aromatic nitrogens is 2. The molecule has 1 atom stereocenters. The van der Waals surface area contributed by atoms with E-state index in [1.54, 1.807) is 7.05 Å². The van der Waals surface area contributed by atoms with E-state index < -0.39 is 11.2 Å². The summed E-state index contributed by atoms with van der Waals surface area (Å²) in [4.78, 5) is 26.6. The molecule has 1 aromatic carbocycles. The quantitative estimate of drug-likeness (QED) is 0.836. The van der Waals surface area contributed by atoms with Gasteiger partial charge in [0, 0.05) is 33.3 Å². The monoisotopic (exact) mass is 342 g/mol. The molecule has 25 heavy (non-hydrogen) atoms. The highest BCUT2D eigenvalue weighted by atomic mass is 16.3. The molecule has 0 aliphatic heterocycles. The van der Waals surface area contributed by atoms with Gasteiger partial charge in [-0.15, -0.1) is 0 Å². The van der Waals surface area contributed by atoms with Crippen LogP contribution in [0.2, 0.25) is 0 Å². The standard InChI is InChI=1S/C18H22N4O3/c1-13(9-10-23)22(12-14-7-5-4-6-8-14)16-15(11-19)17(24)21(3)18(25)20(16)2/h4-8,13,23H,9-10,12H2,1-3H3. The van der Waals surface area contributed by atoms with E-state index in [1.165, 1.54) is 11.6 Å². The van der Waals surface area contributed by atoms with E-state index in [0.29, 0.717) is 13.0 Å². The van der Waals surface area contributed by atoms with Gasteiger partial charge in [-0.25, -0.2) is 4.79 Å². The van der Waals surface area contributed by atoms with Crippen LogP contribution in [0.3, 0.4) is 0 Å². The molecule has 1 heterocycles. The summed E-state index contributed by atoms with van der Waals surface area (Å²) in [5.41, 5.74) is -0.210. The largest absolute Gasteiger partial charge is 0.396 e. The summed E-state index contributed by atoms with van der Waals surface area (Å²) in [6.07, 6.45) is 0.446. The van der Waals surface area contributed by atoms with Gasteiger partial charge in [0.05, 0.1) is 0 Å². The van der Waals surface area contributed by atoms with Gasteiger partial charge < -0.3 is 10.0 Å². The van der Waals surface area contributed by atoms with E-state index in [0.717, 1.165) is 10.1 Å². The Morgan fingerprint density at radius 2 is 1.84 bits per heavy atom. The van der Waals surface area contributed by atoms with Crippen molar-refractivity contribution >= 4 is 5.82 Å². The van der Waals surface area contributed by atoms with Gasteiger partial charge in [0.25, 0.3) is 5.56 Å². The Morgan fingerprint density at radius 3 is 2.40 bits per heavy atom. The van der Waals surface area contributed by atoms with Crippen LogP contribution >= 0.6 is 0 Å². The molecule has 0 amide bonds. The van der Waals surface area contributed by atoms with Crippen molar-refractivity contribution in [1.82, 2.24) is 9.13 Å². The van der Waals surface area contributed by atoms with Crippen molar-refractivity contribution < 1.29 is 5.11 Å². The van der Waals surface area contributed by atoms with E-state index in [-0.39, 0.29) is 24.0 Å². The summed E-state index contributed by atoms with van der Waals surface area (Å²) in [5, 5.41) is 18.8. The maximum Gasteiger partial charge on any atom is 0.332 e. The number of nitrogens with zero attached hydrogens (tertiary/aromatic N) is 4. The number of anilines is 1. The number of hydrogen-bond donors (Lipinski definition) is 1. The normalized spacial score (nSPS) is 11.8. The number of nitriles is 1. The molecule has 1 aromatic heterocycles. The van der Waals surface area contributed by atoms with E-state index in [1.807, 2.05) is 48.2 Å². The van der Waals surface area contributed by atoms with Crippen molar-refractivity contribution in [2.75, 3.05) is 11.5 Å². The van der Waals surface area contributed by atoms with E-state index >= 15 is 0 Å². The Balaban J connectivity index is 2.68. The van der Waals surface area contributed by atoms with Gasteiger partial charge in [-0.3, -0.25) is 13.9 Å². The molecule has 0 aliphatic rings. The van der Waals surface area contributed by atoms with Crippen LogP contribution in [0.4, 0.5) is 5.82 Å². The summed E-state index contributed by atoms with van der Waals surface area (Å²) < 4.78 is 2.25. The fourth-order valence-electron chi connectivity index (χ4n) is 2.83. The predicted molar refractivity (Wildman–Crippen MR) is 95.4 cm³/mol. The SMILES string of the molecule is CC(CCO)N(Cc1ccccc1)c1c(C#N)c(=O)n(C)c(=O)n1C. The molecule has 0 saturated carbocycles. The summed E-state index contributed by atoms with van der Waals surface area (Å²) in [7, 11) is 2.90. The Kier molecular flexibility index (Phi) is 5.78. The molecule has 2 aromatic rings. The second-order valence-corrected chi connectivity index (χ2v) is 5.99. The zero-order valence-electron chi connectivity index (χ0n) is 14.6. The van der Waals surface area contributed by atoms with Crippen molar-refractivity contribution in [2.45, 2.75) is 25.9 Å². The molecule has 2 rings (SSSR count). The maximum absolute atomic E-state index is 12.4. The van der Waals surface area contributed by atoms with Crippen LogP contribution in [-0.4, -0.2) is 26.9 Å². The molecular formula is C18H22N4O3. The van der Waals surface area contributed by atoms with E-state index in [9.17, 15) is 20.0 Å². The second kappa shape index (κ2) is 7.81. The van der Waals surface area contributed by atoms with Gasteiger partial charge >= 0.3 is 5.69 Å². The first-order valence-corrected chi connectivity index (χ1v) is 8.03. The van der Waals surface area contributed by atoms with Crippen LogP contribution < -0.4 is 16.1 Å². The number of aliphatic hydroxyl groups is 1. The Bertz CT molecular complexity index is 894. The van der Waals surface area contributed by atoms with Crippen LogP contribution in [0.15, 0.2) is 39.9 Å². The van der Waals surface area contributed by atoms with Crippen molar-refractivity contribution in [3.63, 3.8) is 0 Å². The molecule has 0 radical (unpaired) electrons. The van der Waals surface area contributed by atoms with Crippen LogP contribution in [0.25, 0.3) is 0 Å². The third-order valence-electron chi connectivity index (χ3n) is 4.29. The van der Waals surface area contributed by atoms with Crippen LogP contribution in [0.5, 0.6) is 0 Å². The van der Waals surface area contributed by atoms with Crippen molar-refractivity contribution in [3.8, 4) is 6.07 Å². The maximum atomic E-state index is 12.4. The Hall–Kier alpha value is -2.85. The summed E-state index contributed by atoms with van der Waals surface area (Å²) in [6, 6.07) is 11.3. The average molecular weight is 342 g/mol. The van der Waals surface area contributed by atoms with Gasteiger partial charge in [-0.1, -0.05) is 30.3 Å². The van der Waals surface area contributed by atoms with Gasteiger partial charge in [-0.2, -0.15) is 5.26 Å². The lowest BCUT2D eigenvalue weighted by atomic mass is 10.1. The molecule has 0 aliphatic carbocycles. The first kappa shape index (κ1) is 18.5. The van der Waals surface area contributed by atoms with Crippen molar-refractivity contribution in [1.29, 1.82) is 5.26 Å². The van der Waals surface area contributed by atoms with Gasteiger partial charge in [0.15, 0.2) is 5.56 Å². The zero-order valence-corrected chi connectivity index (χ0v) is 14.6. The first-order chi connectivity index (χ1) is 11.9.